The minimum Gasteiger partial charge on any atom is -0.480 e. The van der Waals surface area contributed by atoms with Crippen LogP contribution in [-0.4, -0.2) is 60.8 Å². The Kier molecular flexibility index (Phi) is 7.48. The molecule has 144 valence electrons. The van der Waals surface area contributed by atoms with Gasteiger partial charge in [-0.15, -0.1) is 0 Å². The highest BCUT2D eigenvalue weighted by Crippen LogP contribution is 2.24. The van der Waals surface area contributed by atoms with Gasteiger partial charge >= 0.3 is 5.97 Å². The van der Waals surface area contributed by atoms with E-state index in [1.165, 1.54) is 16.1 Å². The number of aliphatic carboxylic acids is 1. The van der Waals surface area contributed by atoms with Crippen molar-refractivity contribution >= 4 is 33.7 Å². The Morgan fingerprint density at radius 2 is 1.88 bits per heavy atom. The lowest BCUT2D eigenvalue weighted by atomic mass is 9.96. The Bertz CT molecular complexity index is 716. The maximum atomic E-state index is 12.6. The van der Waals surface area contributed by atoms with Crippen molar-refractivity contribution in [3.05, 3.63) is 30.3 Å². The predicted octanol–water partition coefficient (Wildman–Crippen LogP) is 1.41. The predicted molar refractivity (Wildman–Crippen MR) is 100 cm³/mol. The lowest BCUT2D eigenvalue weighted by Gasteiger charge is -2.31. The molecule has 7 nitrogen and oxygen atoms in total. The van der Waals surface area contributed by atoms with Crippen molar-refractivity contribution in [2.75, 3.05) is 25.1 Å². The number of hydrogen-bond acceptors (Lipinski definition) is 5. The van der Waals surface area contributed by atoms with Crippen molar-refractivity contribution in [1.82, 2.24) is 9.62 Å². The molecule has 0 spiro atoms. The number of carboxylic acid groups (broad SMARTS) is 1. The minimum atomic E-state index is -3.55. The van der Waals surface area contributed by atoms with E-state index in [1.807, 2.05) is 6.26 Å². The summed E-state index contributed by atoms with van der Waals surface area (Å²) in [6, 6.07) is 7.31. The van der Waals surface area contributed by atoms with Crippen LogP contribution in [-0.2, 0) is 19.6 Å². The average Bonchev–Trinajstić information content (AvgIpc) is 2.65. The molecule has 1 amide bonds. The maximum Gasteiger partial charge on any atom is 0.326 e. The van der Waals surface area contributed by atoms with Gasteiger partial charge < -0.3 is 10.4 Å². The Morgan fingerprint density at radius 3 is 2.42 bits per heavy atom. The highest BCUT2D eigenvalue weighted by molar-refractivity contribution is 7.98. The molecule has 2 N–H and O–H groups in total. The lowest BCUT2D eigenvalue weighted by molar-refractivity contribution is -0.142. The van der Waals surface area contributed by atoms with Gasteiger partial charge in [0, 0.05) is 19.0 Å². The van der Waals surface area contributed by atoms with E-state index in [9.17, 15) is 23.1 Å². The molecule has 0 aromatic heterocycles. The van der Waals surface area contributed by atoms with Gasteiger partial charge in [-0.25, -0.2) is 13.2 Å². The second-order valence-electron chi connectivity index (χ2n) is 6.17. The van der Waals surface area contributed by atoms with E-state index in [0.29, 0.717) is 25.0 Å². The summed E-state index contributed by atoms with van der Waals surface area (Å²) >= 11 is 1.52. The van der Waals surface area contributed by atoms with Crippen LogP contribution in [0.15, 0.2) is 35.2 Å². The standard InChI is InChI=1S/C17H24N2O5S2/c1-25-12-9-15(17(21)22)18-16(20)13-7-10-19(11-8-13)26(23,24)14-5-3-2-4-6-14/h2-6,13,15H,7-12H2,1H3,(H,18,20)(H,21,22)/t15-/m0/s1. The molecule has 2 rings (SSSR count). The first-order valence-electron chi connectivity index (χ1n) is 8.43. The molecule has 0 aliphatic carbocycles. The average molecular weight is 401 g/mol. The molecule has 26 heavy (non-hydrogen) atoms. The number of hydrogen-bond donors (Lipinski definition) is 2. The number of thioether (sulfide) groups is 1. The van der Waals surface area contributed by atoms with E-state index in [1.54, 1.807) is 30.3 Å². The van der Waals surface area contributed by atoms with Gasteiger partial charge in [-0.1, -0.05) is 18.2 Å². The highest BCUT2D eigenvalue weighted by atomic mass is 32.2. The molecule has 1 atom stereocenters. The number of amides is 1. The number of carboxylic acids is 1. The number of piperidine rings is 1. The van der Waals surface area contributed by atoms with Crippen molar-refractivity contribution in [2.24, 2.45) is 5.92 Å². The summed E-state index contributed by atoms with van der Waals surface area (Å²) in [5.41, 5.74) is 0. The summed E-state index contributed by atoms with van der Waals surface area (Å²) in [7, 11) is -3.55. The largest absolute Gasteiger partial charge is 0.480 e. The molecule has 1 heterocycles. The zero-order chi connectivity index (χ0) is 19.2. The fourth-order valence-electron chi connectivity index (χ4n) is 2.88. The molecule has 0 radical (unpaired) electrons. The van der Waals surface area contributed by atoms with Gasteiger partial charge in [-0.2, -0.15) is 16.1 Å². The van der Waals surface area contributed by atoms with Gasteiger partial charge in [-0.3, -0.25) is 4.79 Å². The molecule has 1 fully saturated rings. The van der Waals surface area contributed by atoms with E-state index in [2.05, 4.69) is 5.32 Å². The first-order chi connectivity index (χ1) is 12.4. The van der Waals surface area contributed by atoms with Gasteiger partial charge in [0.05, 0.1) is 4.90 Å². The van der Waals surface area contributed by atoms with Crippen molar-refractivity contribution < 1.29 is 23.1 Å². The van der Waals surface area contributed by atoms with Crippen LogP contribution in [0.3, 0.4) is 0 Å². The normalized spacial score (nSPS) is 17.6. The lowest BCUT2D eigenvalue weighted by Crippen LogP contribution is -2.47. The van der Waals surface area contributed by atoms with Gasteiger partial charge in [0.15, 0.2) is 0 Å². The van der Waals surface area contributed by atoms with Crippen LogP contribution < -0.4 is 5.32 Å². The van der Waals surface area contributed by atoms with Crippen LogP contribution in [0.5, 0.6) is 0 Å². The summed E-state index contributed by atoms with van der Waals surface area (Å²) in [4.78, 5) is 23.8. The molecule has 1 aliphatic rings. The monoisotopic (exact) mass is 400 g/mol. The quantitative estimate of drug-likeness (QED) is 0.684. The van der Waals surface area contributed by atoms with E-state index in [0.717, 1.165) is 0 Å². The van der Waals surface area contributed by atoms with Crippen LogP contribution in [0.25, 0.3) is 0 Å². The van der Waals surface area contributed by atoms with E-state index < -0.39 is 22.0 Å². The van der Waals surface area contributed by atoms with Gasteiger partial charge in [0.25, 0.3) is 0 Å². The second kappa shape index (κ2) is 9.38. The van der Waals surface area contributed by atoms with Crippen LogP contribution in [0, 0.1) is 5.92 Å². The zero-order valence-electron chi connectivity index (χ0n) is 14.6. The zero-order valence-corrected chi connectivity index (χ0v) is 16.3. The number of rotatable bonds is 8. The molecule has 1 aliphatic heterocycles. The maximum absolute atomic E-state index is 12.6. The van der Waals surface area contributed by atoms with Gasteiger partial charge in [0.2, 0.25) is 15.9 Å². The first-order valence-corrected chi connectivity index (χ1v) is 11.3. The third-order valence-corrected chi connectivity index (χ3v) is 6.99. The fraction of sp³-hybridized carbons (Fsp3) is 0.529. The van der Waals surface area contributed by atoms with E-state index in [-0.39, 0.29) is 29.8 Å². The van der Waals surface area contributed by atoms with Crippen molar-refractivity contribution in [2.45, 2.75) is 30.2 Å². The van der Waals surface area contributed by atoms with Crippen LogP contribution in [0.2, 0.25) is 0 Å². The van der Waals surface area contributed by atoms with E-state index >= 15 is 0 Å². The Labute approximate surface area is 158 Å². The molecule has 9 heteroatoms. The number of carbonyl (C=O) groups excluding carboxylic acids is 1. The fourth-order valence-corrected chi connectivity index (χ4v) is 4.84. The second-order valence-corrected chi connectivity index (χ2v) is 9.10. The Morgan fingerprint density at radius 1 is 1.27 bits per heavy atom. The SMILES string of the molecule is CSCC[C@H](NC(=O)C1CCN(S(=O)(=O)c2ccccc2)CC1)C(=O)O. The molecule has 0 saturated carbocycles. The number of sulfonamides is 1. The molecule has 0 unspecified atom stereocenters. The molecular weight excluding hydrogens is 376 g/mol. The molecule has 0 bridgehead atoms. The van der Waals surface area contributed by atoms with Crippen molar-refractivity contribution in [3.8, 4) is 0 Å². The topological polar surface area (TPSA) is 104 Å². The molecular formula is C17H24N2O5S2. The number of benzene rings is 1. The summed E-state index contributed by atoms with van der Waals surface area (Å²) in [6.45, 7) is 0.496. The number of nitrogens with one attached hydrogen (secondary N) is 1. The van der Waals surface area contributed by atoms with Crippen LogP contribution in [0.1, 0.15) is 19.3 Å². The molecule has 1 aromatic carbocycles. The van der Waals surface area contributed by atoms with Crippen LogP contribution in [0.4, 0.5) is 0 Å². The third-order valence-electron chi connectivity index (χ3n) is 4.43. The van der Waals surface area contributed by atoms with E-state index in [4.69, 9.17) is 0 Å². The summed E-state index contributed by atoms with van der Waals surface area (Å²) in [6.07, 6.45) is 3.01. The van der Waals surface area contributed by atoms with Crippen molar-refractivity contribution in [3.63, 3.8) is 0 Å². The Balaban J connectivity index is 1.93. The molecule has 1 aromatic rings. The Hall–Kier alpha value is -1.58. The number of nitrogens with zero attached hydrogens (tertiary/aromatic N) is 1. The summed E-state index contributed by atoms with van der Waals surface area (Å²) < 4.78 is 26.6. The third kappa shape index (κ3) is 5.21. The van der Waals surface area contributed by atoms with Gasteiger partial charge in [0.1, 0.15) is 6.04 Å². The molecule has 1 saturated heterocycles. The smallest absolute Gasteiger partial charge is 0.326 e. The minimum absolute atomic E-state index is 0.242. The highest BCUT2D eigenvalue weighted by Gasteiger charge is 2.33. The summed E-state index contributed by atoms with van der Waals surface area (Å²) in [5.74, 6) is -1.08. The van der Waals surface area contributed by atoms with Gasteiger partial charge in [-0.05, 0) is 43.4 Å². The first kappa shape index (κ1) is 20.7. The number of carbonyl (C=O) groups is 2. The van der Waals surface area contributed by atoms with Crippen molar-refractivity contribution in [1.29, 1.82) is 0 Å². The summed E-state index contributed by atoms with van der Waals surface area (Å²) in [5, 5.41) is 11.8. The van der Waals surface area contributed by atoms with Crippen LogP contribution >= 0.6 is 11.8 Å².